The lowest BCUT2D eigenvalue weighted by Gasteiger charge is -2.16. The van der Waals surface area contributed by atoms with Gasteiger partial charge in [-0.15, -0.1) is 0 Å². The first-order valence-corrected chi connectivity index (χ1v) is 3.85. The molecule has 2 nitrogen and oxygen atoms in total. The predicted molar refractivity (Wildman–Crippen MR) is 43.4 cm³/mol. The number of halogens is 2. The largest absolute Gasteiger partial charge is 0.469 e. The molecule has 0 aromatic carbocycles. The summed E-state index contributed by atoms with van der Waals surface area (Å²) in [6, 6.07) is 0. The fourth-order valence-corrected chi connectivity index (χ4v) is 1.12. The summed E-state index contributed by atoms with van der Waals surface area (Å²) in [5, 5.41) is 0. The molecular weight excluding hydrogens is 178 g/mol. The lowest BCUT2D eigenvalue weighted by molar-refractivity contribution is -0.139. The van der Waals surface area contributed by atoms with Crippen LogP contribution in [0.5, 0.6) is 0 Å². The molecule has 0 aliphatic heterocycles. The fraction of sp³-hybridized carbons (Fsp3) is 0.444. The van der Waals surface area contributed by atoms with Crippen LogP contribution in [-0.4, -0.2) is 19.0 Å². The van der Waals surface area contributed by atoms with Crippen LogP contribution in [0.4, 0.5) is 8.78 Å². The Morgan fingerprint density at radius 2 is 2.38 bits per heavy atom. The minimum absolute atomic E-state index is 0.0591. The molecule has 0 unspecified atom stereocenters. The summed E-state index contributed by atoms with van der Waals surface area (Å²) in [5.41, 5.74) is 0.402. The second-order valence-electron chi connectivity index (χ2n) is 2.87. The molecule has 0 amide bonds. The molecule has 4 heteroatoms. The molecule has 0 N–H and O–H groups in total. The Balaban J connectivity index is 2.58. The van der Waals surface area contributed by atoms with Crippen LogP contribution in [0, 0.1) is 0 Å². The van der Waals surface area contributed by atoms with Crippen LogP contribution in [0.1, 0.15) is 12.8 Å². The van der Waals surface area contributed by atoms with E-state index in [0.29, 0.717) is 5.57 Å². The predicted octanol–water partition coefficient (Wildman–Crippen LogP) is 2.07. The molecule has 0 saturated heterocycles. The van der Waals surface area contributed by atoms with Gasteiger partial charge in [0, 0.05) is 6.42 Å². The molecule has 0 spiro atoms. The van der Waals surface area contributed by atoms with E-state index in [4.69, 9.17) is 0 Å². The monoisotopic (exact) mass is 188 g/mol. The average Bonchev–Trinajstić information content (AvgIpc) is 2.02. The molecule has 0 aromatic rings. The quantitative estimate of drug-likeness (QED) is 0.620. The second-order valence-corrected chi connectivity index (χ2v) is 2.87. The SMILES string of the molecule is COC(=O)CC1=CC=CC(F)(F)C1. The lowest BCUT2D eigenvalue weighted by Crippen LogP contribution is -2.17. The van der Waals surface area contributed by atoms with Crippen molar-refractivity contribution in [2.75, 3.05) is 7.11 Å². The van der Waals surface area contributed by atoms with Gasteiger partial charge in [0.1, 0.15) is 0 Å². The summed E-state index contributed by atoms with van der Waals surface area (Å²) in [4.78, 5) is 10.8. The number of hydrogen-bond donors (Lipinski definition) is 0. The van der Waals surface area contributed by atoms with Gasteiger partial charge in [-0.3, -0.25) is 4.79 Å². The van der Waals surface area contributed by atoms with Crippen LogP contribution in [0.2, 0.25) is 0 Å². The van der Waals surface area contributed by atoms with Crippen molar-refractivity contribution in [1.82, 2.24) is 0 Å². The van der Waals surface area contributed by atoms with Crippen LogP contribution >= 0.6 is 0 Å². The third-order valence-corrected chi connectivity index (χ3v) is 1.73. The first-order valence-electron chi connectivity index (χ1n) is 3.85. The maximum atomic E-state index is 12.7. The number of carbonyl (C=O) groups excluding carboxylic acids is 1. The van der Waals surface area contributed by atoms with Gasteiger partial charge in [0.05, 0.1) is 13.5 Å². The van der Waals surface area contributed by atoms with E-state index in [-0.39, 0.29) is 6.42 Å². The van der Waals surface area contributed by atoms with E-state index < -0.39 is 18.3 Å². The molecule has 1 aliphatic carbocycles. The smallest absolute Gasteiger partial charge is 0.309 e. The van der Waals surface area contributed by atoms with Crippen molar-refractivity contribution in [3.05, 3.63) is 23.8 Å². The van der Waals surface area contributed by atoms with Crippen molar-refractivity contribution in [1.29, 1.82) is 0 Å². The summed E-state index contributed by atoms with van der Waals surface area (Å²) in [6.45, 7) is 0. The summed E-state index contributed by atoms with van der Waals surface area (Å²) in [6.07, 6.45) is 3.17. The van der Waals surface area contributed by atoms with Gasteiger partial charge in [-0.2, -0.15) is 0 Å². The maximum absolute atomic E-state index is 12.7. The summed E-state index contributed by atoms with van der Waals surface area (Å²) < 4.78 is 29.8. The van der Waals surface area contributed by atoms with Crippen molar-refractivity contribution < 1.29 is 18.3 Å². The van der Waals surface area contributed by atoms with E-state index in [0.717, 1.165) is 6.08 Å². The summed E-state index contributed by atoms with van der Waals surface area (Å²) in [5.74, 6) is -3.31. The Hall–Kier alpha value is -1.19. The maximum Gasteiger partial charge on any atom is 0.309 e. The number of rotatable bonds is 2. The molecular formula is C9H10F2O2. The highest BCUT2D eigenvalue weighted by Crippen LogP contribution is 2.29. The van der Waals surface area contributed by atoms with Crippen molar-refractivity contribution in [3.8, 4) is 0 Å². The van der Waals surface area contributed by atoms with Crippen molar-refractivity contribution in [2.45, 2.75) is 18.8 Å². The minimum Gasteiger partial charge on any atom is -0.469 e. The van der Waals surface area contributed by atoms with Crippen LogP contribution in [0.3, 0.4) is 0 Å². The fourth-order valence-electron chi connectivity index (χ4n) is 1.12. The zero-order valence-corrected chi connectivity index (χ0v) is 7.22. The molecule has 1 aliphatic rings. The molecule has 0 heterocycles. The van der Waals surface area contributed by atoms with Crippen molar-refractivity contribution in [3.63, 3.8) is 0 Å². The number of esters is 1. The van der Waals surface area contributed by atoms with E-state index in [2.05, 4.69) is 4.74 Å². The number of methoxy groups -OCH3 is 1. The van der Waals surface area contributed by atoms with Gasteiger partial charge < -0.3 is 4.74 Å². The van der Waals surface area contributed by atoms with Gasteiger partial charge in [-0.25, -0.2) is 8.78 Å². The average molecular weight is 188 g/mol. The highest BCUT2D eigenvalue weighted by Gasteiger charge is 2.29. The Morgan fingerprint density at radius 3 is 2.92 bits per heavy atom. The van der Waals surface area contributed by atoms with Gasteiger partial charge in [-0.05, 0) is 6.08 Å². The molecule has 0 atom stereocenters. The van der Waals surface area contributed by atoms with Crippen LogP contribution in [0.15, 0.2) is 23.8 Å². The number of allylic oxidation sites excluding steroid dienone is 3. The van der Waals surface area contributed by atoms with Gasteiger partial charge >= 0.3 is 5.97 Å². The third-order valence-electron chi connectivity index (χ3n) is 1.73. The third kappa shape index (κ3) is 2.97. The molecule has 0 radical (unpaired) electrons. The van der Waals surface area contributed by atoms with Gasteiger partial charge in [0.2, 0.25) is 0 Å². The molecule has 0 saturated carbocycles. The molecule has 0 aromatic heterocycles. The summed E-state index contributed by atoms with van der Waals surface area (Å²) in [7, 11) is 1.24. The summed E-state index contributed by atoms with van der Waals surface area (Å²) >= 11 is 0. The first kappa shape index (κ1) is 9.89. The van der Waals surface area contributed by atoms with Crippen LogP contribution in [-0.2, 0) is 9.53 Å². The standard InChI is InChI=1S/C9H10F2O2/c1-13-8(12)5-7-3-2-4-9(10,11)6-7/h2-4H,5-6H2,1H3. The Labute approximate surface area is 74.9 Å². The topological polar surface area (TPSA) is 26.3 Å². The van der Waals surface area contributed by atoms with E-state index in [1.165, 1.54) is 19.3 Å². The Morgan fingerprint density at radius 1 is 1.69 bits per heavy atom. The highest BCUT2D eigenvalue weighted by molar-refractivity contribution is 5.72. The van der Waals surface area contributed by atoms with Crippen molar-refractivity contribution >= 4 is 5.97 Å². The highest BCUT2D eigenvalue weighted by atomic mass is 19.3. The number of ether oxygens (including phenoxy) is 1. The number of alkyl halides is 2. The molecule has 13 heavy (non-hydrogen) atoms. The molecule has 1 rings (SSSR count). The normalized spacial score (nSPS) is 19.5. The Kier molecular flexibility index (Phi) is 2.80. The first-order chi connectivity index (χ1) is 6.03. The zero-order chi connectivity index (χ0) is 9.90. The van der Waals surface area contributed by atoms with Gasteiger partial charge in [0.25, 0.3) is 5.92 Å². The van der Waals surface area contributed by atoms with Crippen LogP contribution < -0.4 is 0 Å². The van der Waals surface area contributed by atoms with E-state index in [1.807, 2.05) is 0 Å². The van der Waals surface area contributed by atoms with Gasteiger partial charge in [0.15, 0.2) is 0 Å². The van der Waals surface area contributed by atoms with E-state index in [9.17, 15) is 13.6 Å². The van der Waals surface area contributed by atoms with Crippen LogP contribution in [0.25, 0.3) is 0 Å². The second kappa shape index (κ2) is 3.68. The van der Waals surface area contributed by atoms with Gasteiger partial charge in [-0.1, -0.05) is 17.7 Å². The molecule has 0 bridgehead atoms. The number of hydrogen-bond acceptors (Lipinski definition) is 2. The molecule has 0 fully saturated rings. The molecule has 72 valence electrons. The van der Waals surface area contributed by atoms with E-state index in [1.54, 1.807) is 0 Å². The van der Waals surface area contributed by atoms with Crippen molar-refractivity contribution in [2.24, 2.45) is 0 Å². The lowest BCUT2D eigenvalue weighted by atomic mass is 9.99. The number of carbonyl (C=O) groups is 1. The van der Waals surface area contributed by atoms with E-state index >= 15 is 0 Å². The minimum atomic E-state index is -2.82. The Bertz CT molecular complexity index is 267. The zero-order valence-electron chi connectivity index (χ0n) is 7.22.